The SMILES string of the molecule is Cc1ccc([C@H](O)C#CC(O)(c2ccccc2)c2ccccc2)o1. The van der Waals surface area contributed by atoms with E-state index in [0.29, 0.717) is 22.6 Å². The van der Waals surface area contributed by atoms with Gasteiger partial charge in [0.05, 0.1) is 0 Å². The zero-order valence-corrected chi connectivity index (χ0v) is 13.3. The molecular weight excluding hydrogens is 300 g/mol. The van der Waals surface area contributed by atoms with Gasteiger partial charge >= 0.3 is 0 Å². The second kappa shape index (κ2) is 6.76. The van der Waals surface area contributed by atoms with E-state index < -0.39 is 11.7 Å². The Morgan fingerprint density at radius 2 is 1.42 bits per heavy atom. The van der Waals surface area contributed by atoms with Crippen molar-refractivity contribution in [3.63, 3.8) is 0 Å². The normalized spacial score (nSPS) is 12.3. The summed E-state index contributed by atoms with van der Waals surface area (Å²) in [5.74, 6) is 6.61. The van der Waals surface area contributed by atoms with Crippen LogP contribution in [0, 0.1) is 18.8 Å². The van der Waals surface area contributed by atoms with Gasteiger partial charge in [-0.15, -0.1) is 0 Å². The zero-order valence-electron chi connectivity index (χ0n) is 13.3. The van der Waals surface area contributed by atoms with E-state index >= 15 is 0 Å². The van der Waals surface area contributed by atoms with Crippen LogP contribution in [-0.4, -0.2) is 10.2 Å². The molecule has 1 atom stereocenters. The topological polar surface area (TPSA) is 53.6 Å². The third-order valence-corrected chi connectivity index (χ3v) is 3.80. The molecule has 2 N–H and O–H groups in total. The van der Waals surface area contributed by atoms with E-state index in [4.69, 9.17) is 4.42 Å². The summed E-state index contributed by atoms with van der Waals surface area (Å²) in [7, 11) is 0. The first-order valence-corrected chi connectivity index (χ1v) is 7.70. The molecule has 1 aromatic heterocycles. The number of aryl methyl sites for hydroxylation is 1. The predicted octanol–water partition coefficient (Wildman–Crippen LogP) is 3.56. The largest absolute Gasteiger partial charge is 0.463 e. The Hall–Kier alpha value is -2.80. The van der Waals surface area contributed by atoms with Crippen molar-refractivity contribution in [1.29, 1.82) is 0 Å². The van der Waals surface area contributed by atoms with Crippen molar-refractivity contribution in [2.24, 2.45) is 0 Å². The van der Waals surface area contributed by atoms with Gasteiger partial charge in [-0.05, 0) is 19.1 Å². The molecule has 0 spiro atoms. The monoisotopic (exact) mass is 318 g/mol. The van der Waals surface area contributed by atoms with Crippen molar-refractivity contribution in [3.8, 4) is 11.8 Å². The van der Waals surface area contributed by atoms with E-state index in [1.807, 2.05) is 60.7 Å². The molecule has 0 unspecified atom stereocenters. The fourth-order valence-corrected chi connectivity index (χ4v) is 2.51. The predicted molar refractivity (Wildman–Crippen MR) is 92.1 cm³/mol. The van der Waals surface area contributed by atoms with Gasteiger partial charge in [-0.3, -0.25) is 0 Å². The molecule has 0 saturated carbocycles. The molecule has 0 radical (unpaired) electrons. The summed E-state index contributed by atoms with van der Waals surface area (Å²) >= 11 is 0. The third-order valence-electron chi connectivity index (χ3n) is 3.80. The summed E-state index contributed by atoms with van der Waals surface area (Å²) in [4.78, 5) is 0. The van der Waals surface area contributed by atoms with Crippen molar-refractivity contribution in [3.05, 3.63) is 95.4 Å². The molecule has 0 aliphatic rings. The van der Waals surface area contributed by atoms with Crippen LogP contribution in [0.4, 0.5) is 0 Å². The Bertz CT molecular complexity index is 815. The van der Waals surface area contributed by atoms with Crippen LogP contribution in [0.3, 0.4) is 0 Å². The first-order chi connectivity index (χ1) is 11.6. The molecule has 2 aromatic carbocycles. The average Bonchev–Trinajstić information content (AvgIpc) is 3.07. The van der Waals surface area contributed by atoms with Gasteiger partial charge < -0.3 is 14.6 Å². The molecule has 3 nitrogen and oxygen atoms in total. The highest BCUT2D eigenvalue weighted by atomic mass is 16.4. The number of rotatable bonds is 3. The second-order valence-corrected chi connectivity index (χ2v) is 5.56. The molecule has 3 aromatic rings. The molecule has 0 saturated heterocycles. The molecule has 0 bridgehead atoms. The van der Waals surface area contributed by atoms with Crippen molar-refractivity contribution in [2.75, 3.05) is 0 Å². The molecule has 0 amide bonds. The van der Waals surface area contributed by atoms with E-state index in [0.717, 1.165) is 0 Å². The lowest BCUT2D eigenvalue weighted by Gasteiger charge is -2.23. The Morgan fingerprint density at radius 1 is 0.875 bits per heavy atom. The molecule has 3 heteroatoms. The molecule has 120 valence electrons. The van der Waals surface area contributed by atoms with Crippen LogP contribution in [0.5, 0.6) is 0 Å². The van der Waals surface area contributed by atoms with E-state index in [9.17, 15) is 10.2 Å². The van der Waals surface area contributed by atoms with Crippen LogP contribution in [0.2, 0.25) is 0 Å². The van der Waals surface area contributed by atoms with E-state index in [-0.39, 0.29) is 0 Å². The van der Waals surface area contributed by atoms with Crippen LogP contribution in [0.15, 0.2) is 77.2 Å². The zero-order chi connectivity index (χ0) is 17.0. The maximum atomic E-state index is 11.2. The lowest BCUT2D eigenvalue weighted by atomic mass is 9.86. The number of aliphatic hydroxyl groups is 2. The maximum absolute atomic E-state index is 11.2. The summed E-state index contributed by atoms with van der Waals surface area (Å²) in [5.41, 5.74) is -0.219. The number of benzene rings is 2. The van der Waals surface area contributed by atoms with Gasteiger partial charge in [0, 0.05) is 11.1 Å². The minimum atomic E-state index is -1.51. The molecule has 0 fully saturated rings. The molecule has 24 heavy (non-hydrogen) atoms. The fraction of sp³-hybridized carbons (Fsp3) is 0.143. The summed E-state index contributed by atoms with van der Waals surface area (Å²) in [6.07, 6.45) is -1.10. The van der Waals surface area contributed by atoms with Crippen LogP contribution in [-0.2, 0) is 5.60 Å². The maximum Gasteiger partial charge on any atom is 0.176 e. The minimum Gasteiger partial charge on any atom is -0.463 e. The van der Waals surface area contributed by atoms with Crippen molar-refractivity contribution in [1.82, 2.24) is 0 Å². The lowest BCUT2D eigenvalue weighted by Crippen LogP contribution is -2.25. The highest BCUT2D eigenvalue weighted by Crippen LogP contribution is 2.29. The van der Waals surface area contributed by atoms with Gasteiger partial charge in [0.25, 0.3) is 0 Å². The standard InChI is InChI=1S/C21H18O3/c1-16-12-13-20(24-16)19(22)14-15-21(23,17-8-4-2-5-9-17)18-10-6-3-7-11-18/h2-13,19,22-23H,1H3/t19-/m1/s1. The Morgan fingerprint density at radius 3 is 1.88 bits per heavy atom. The molecule has 3 rings (SSSR count). The third kappa shape index (κ3) is 3.26. The number of hydrogen-bond donors (Lipinski definition) is 2. The van der Waals surface area contributed by atoms with Crippen molar-refractivity contribution < 1.29 is 14.6 Å². The van der Waals surface area contributed by atoms with E-state index in [1.165, 1.54) is 0 Å². The molecule has 1 heterocycles. The van der Waals surface area contributed by atoms with Gasteiger partial charge in [-0.25, -0.2) is 0 Å². The van der Waals surface area contributed by atoms with Gasteiger partial charge in [0.15, 0.2) is 11.7 Å². The van der Waals surface area contributed by atoms with Crippen molar-refractivity contribution >= 4 is 0 Å². The van der Waals surface area contributed by atoms with Crippen LogP contribution < -0.4 is 0 Å². The number of furan rings is 1. The first kappa shape index (κ1) is 16.1. The minimum absolute atomic E-state index is 0.364. The number of hydrogen-bond acceptors (Lipinski definition) is 3. The smallest absolute Gasteiger partial charge is 0.176 e. The van der Waals surface area contributed by atoms with Gasteiger partial charge in [0.2, 0.25) is 0 Å². The van der Waals surface area contributed by atoms with Crippen LogP contribution >= 0.6 is 0 Å². The van der Waals surface area contributed by atoms with Crippen LogP contribution in [0.25, 0.3) is 0 Å². The van der Waals surface area contributed by atoms with Gasteiger partial charge in [0.1, 0.15) is 11.5 Å². The molecule has 0 aliphatic carbocycles. The average molecular weight is 318 g/mol. The lowest BCUT2D eigenvalue weighted by molar-refractivity contribution is 0.143. The summed E-state index contributed by atoms with van der Waals surface area (Å²) < 4.78 is 5.39. The van der Waals surface area contributed by atoms with Gasteiger partial charge in [-0.1, -0.05) is 72.5 Å². The van der Waals surface area contributed by atoms with E-state index in [2.05, 4.69) is 11.8 Å². The second-order valence-electron chi connectivity index (χ2n) is 5.56. The highest BCUT2D eigenvalue weighted by molar-refractivity contribution is 5.44. The number of aliphatic hydroxyl groups excluding tert-OH is 1. The Kier molecular flexibility index (Phi) is 4.52. The summed E-state index contributed by atoms with van der Waals surface area (Å²) in [6.45, 7) is 1.80. The van der Waals surface area contributed by atoms with Crippen LogP contribution in [0.1, 0.15) is 28.8 Å². The van der Waals surface area contributed by atoms with Crippen molar-refractivity contribution in [2.45, 2.75) is 18.6 Å². The van der Waals surface area contributed by atoms with Gasteiger partial charge in [-0.2, -0.15) is 0 Å². The molecule has 0 aliphatic heterocycles. The Labute approximate surface area is 141 Å². The quantitative estimate of drug-likeness (QED) is 0.726. The fourth-order valence-electron chi connectivity index (χ4n) is 2.51. The molecular formula is C21H18O3. The highest BCUT2D eigenvalue weighted by Gasteiger charge is 2.29. The first-order valence-electron chi connectivity index (χ1n) is 7.70. The summed E-state index contributed by atoms with van der Waals surface area (Å²) in [5, 5.41) is 21.5. The van der Waals surface area contributed by atoms with E-state index in [1.54, 1.807) is 19.1 Å². The Balaban J connectivity index is 2.02. The summed E-state index contributed by atoms with van der Waals surface area (Å²) in [6, 6.07) is 21.8.